The number of rotatable bonds is 11. The average Bonchev–Trinajstić information content (AvgIpc) is 3.21. The van der Waals surface area contributed by atoms with Crippen molar-refractivity contribution >= 4 is 28.7 Å². The van der Waals surface area contributed by atoms with Crippen LogP contribution in [0.2, 0.25) is 5.02 Å². The first kappa shape index (κ1) is 23.7. The highest BCUT2D eigenvalue weighted by atomic mass is 35.5. The second-order valence-corrected chi connectivity index (χ2v) is 8.31. The van der Waals surface area contributed by atoms with Gasteiger partial charge in [-0.25, -0.2) is 4.98 Å². The molecule has 6 heteroatoms. The fourth-order valence-electron chi connectivity index (χ4n) is 3.82. The maximum absolute atomic E-state index is 6.00. The van der Waals surface area contributed by atoms with Crippen LogP contribution in [-0.4, -0.2) is 23.3 Å². The highest BCUT2D eigenvalue weighted by Crippen LogP contribution is 2.29. The van der Waals surface area contributed by atoms with Gasteiger partial charge < -0.3 is 18.8 Å². The lowest BCUT2D eigenvalue weighted by atomic mass is 10.2. The van der Waals surface area contributed by atoms with Crippen LogP contribution in [0.15, 0.2) is 72.8 Å². The molecule has 1 heterocycles. The smallest absolute Gasteiger partial charge is 0.161 e. The van der Waals surface area contributed by atoms with Crippen molar-refractivity contribution in [3.8, 4) is 17.2 Å². The number of methoxy groups -OCH3 is 1. The second kappa shape index (κ2) is 11.6. The Morgan fingerprint density at radius 2 is 1.76 bits per heavy atom. The summed E-state index contributed by atoms with van der Waals surface area (Å²) in [5.41, 5.74) is 3.17. The first-order chi connectivity index (χ1) is 16.7. The lowest BCUT2D eigenvalue weighted by molar-refractivity contribution is 0.278. The molecule has 0 fully saturated rings. The molecule has 0 saturated carbocycles. The number of unbranched alkanes of at least 4 members (excludes halogenated alkanes) is 1. The second-order valence-electron chi connectivity index (χ2n) is 7.88. The third-order valence-corrected chi connectivity index (χ3v) is 5.75. The number of imidazole rings is 1. The van der Waals surface area contributed by atoms with Crippen molar-refractivity contribution < 1.29 is 14.2 Å². The number of halogens is 1. The number of para-hydroxylation sites is 2. The minimum absolute atomic E-state index is 0.391. The van der Waals surface area contributed by atoms with Crippen molar-refractivity contribution in [2.45, 2.75) is 32.9 Å². The van der Waals surface area contributed by atoms with E-state index < -0.39 is 0 Å². The van der Waals surface area contributed by atoms with E-state index in [1.54, 1.807) is 7.11 Å². The zero-order valence-electron chi connectivity index (χ0n) is 19.5. The van der Waals surface area contributed by atoms with Gasteiger partial charge in [0.1, 0.15) is 18.2 Å². The van der Waals surface area contributed by atoms with Crippen LogP contribution in [0.1, 0.15) is 31.2 Å². The zero-order chi connectivity index (χ0) is 23.8. The number of fused-ring (bicyclic) bond motifs is 1. The van der Waals surface area contributed by atoms with Gasteiger partial charge in [0.15, 0.2) is 11.5 Å². The summed E-state index contributed by atoms with van der Waals surface area (Å²) in [4.78, 5) is 4.80. The molecule has 34 heavy (non-hydrogen) atoms. The molecule has 4 rings (SSSR count). The first-order valence-corrected chi connectivity index (χ1v) is 11.8. The molecule has 0 aliphatic rings. The molecule has 0 bridgehead atoms. The maximum Gasteiger partial charge on any atom is 0.161 e. The van der Waals surface area contributed by atoms with E-state index in [-0.39, 0.29) is 0 Å². The largest absolute Gasteiger partial charge is 0.493 e. The highest BCUT2D eigenvalue weighted by Gasteiger charge is 2.11. The molecule has 1 aromatic heterocycles. The van der Waals surface area contributed by atoms with E-state index in [4.69, 9.17) is 30.8 Å². The van der Waals surface area contributed by atoms with Gasteiger partial charge in [-0.3, -0.25) is 0 Å². The number of nitrogens with zero attached hydrogens (tertiary/aromatic N) is 2. The molecule has 0 radical (unpaired) electrons. The van der Waals surface area contributed by atoms with E-state index in [9.17, 15) is 0 Å². The Morgan fingerprint density at radius 3 is 2.56 bits per heavy atom. The fraction of sp³-hybridized carbons (Fsp3) is 0.250. The lowest BCUT2D eigenvalue weighted by Gasteiger charge is -2.13. The molecule has 0 atom stereocenters. The monoisotopic (exact) mass is 476 g/mol. The Kier molecular flexibility index (Phi) is 8.10. The van der Waals surface area contributed by atoms with Crippen molar-refractivity contribution in [3.05, 3.63) is 89.2 Å². The predicted molar refractivity (Wildman–Crippen MR) is 138 cm³/mol. The number of ether oxygens (including phenoxy) is 3. The fourth-order valence-corrected chi connectivity index (χ4v) is 3.94. The quantitative estimate of drug-likeness (QED) is 0.215. The molecular weight excluding hydrogens is 448 g/mol. The van der Waals surface area contributed by atoms with Gasteiger partial charge in [-0.05, 0) is 73.9 Å². The molecule has 4 aromatic rings. The van der Waals surface area contributed by atoms with Gasteiger partial charge in [-0.15, -0.1) is 0 Å². The summed E-state index contributed by atoms with van der Waals surface area (Å²) in [6.45, 7) is 3.83. The molecule has 0 spiro atoms. The number of aryl methyl sites for hydroxylation is 1. The summed E-state index contributed by atoms with van der Waals surface area (Å²) < 4.78 is 19.7. The SMILES string of the molecule is C/C=C/c1ccc(OCCCCn2c(COc3ccc(Cl)cc3)nc3ccccc32)c(OC)c1. The normalized spacial score (nSPS) is 11.3. The van der Waals surface area contributed by atoms with Crippen molar-refractivity contribution in [1.82, 2.24) is 9.55 Å². The molecule has 0 amide bonds. The number of aromatic nitrogens is 2. The molecule has 176 valence electrons. The number of hydrogen-bond donors (Lipinski definition) is 0. The summed E-state index contributed by atoms with van der Waals surface area (Å²) in [7, 11) is 1.67. The maximum atomic E-state index is 6.00. The summed E-state index contributed by atoms with van der Waals surface area (Å²) >= 11 is 5.97. The van der Waals surface area contributed by atoms with Crippen LogP contribution >= 0.6 is 11.6 Å². The summed E-state index contributed by atoms with van der Waals surface area (Å²) in [6, 6.07) is 21.5. The Hall–Kier alpha value is -3.44. The first-order valence-electron chi connectivity index (χ1n) is 11.4. The Labute approximate surface area is 205 Å². The van der Waals surface area contributed by atoms with Crippen LogP contribution in [0.25, 0.3) is 17.1 Å². The molecular formula is C28H29ClN2O3. The summed E-state index contributed by atoms with van der Waals surface area (Å²) in [5.74, 6) is 3.18. The van der Waals surface area contributed by atoms with Crippen LogP contribution in [-0.2, 0) is 13.2 Å². The van der Waals surface area contributed by atoms with E-state index in [2.05, 4.69) is 10.6 Å². The average molecular weight is 477 g/mol. The molecule has 0 N–H and O–H groups in total. The molecule has 5 nitrogen and oxygen atoms in total. The highest BCUT2D eigenvalue weighted by molar-refractivity contribution is 6.30. The molecule has 3 aromatic carbocycles. The van der Waals surface area contributed by atoms with E-state index in [0.29, 0.717) is 18.2 Å². The zero-order valence-corrected chi connectivity index (χ0v) is 20.3. The van der Waals surface area contributed by atoms with Gasteiger partial charge >= 0.3 is 0 Å². The number of hydrogen-bond acceptors (Lipinski definition) is 4. The van der Waals surface area contributed by atoms with Crippen LogP contribution in [0.3, 0.4) is 0 Å². The van der Waals surface area contributed by atoms with Crippen molar-refractivity contribution in [3.63, 3.8) is 0 Å². The molecule has 0 unspecified atom stereocenters. The van der Waals surface area contributed by atoms with Crippen LogP contribution in [0.4, 0.5) is 0 Å². The Morgan fingerprint density at radius 1 is 0.941 bits per heavy atom. The van der Waals surface area contributed by atoms with Gasteiger partial charge in [0.05, 0.1) is 24.8 Å². The molecule has 0 aliphatic carbocycles. The van der Waals surface area contributed by atoms with Gasteiger partial charge in [0.25, 0.3) is 0 Å². The van der Waals surface area contributed by atoms with E-state index in [1.807, 2.05) is 79.7 Å². The molecule has 0 saturated heterocycles. The predicted octanol–water partition coefficient (Wildman–Crippen LogP) is 7.17. The Bertz CT molecular complexity index is 1250. The number of benzene rings is 3. The van der Waals surface area contributed by atoms with Gasteiger partial charge in [-0.1, -0.05) is 42.0 Å². The van der Waals surface area contributed by atoms with E-state index in [0.717, 1.165) is 59.1 Å². The third kappa shape index (κ3) is 5.91. The van der Waals surface area contributed by atoms with Crippen molar-refractivity contribution in [1.29, 1.82) is 0 Å². The van der Waals surface area contributed by atoms with Gasteiger partial charge in [0.2, 0.25) is 0 Å². The third-order valence-electron chi connectivity index (χ3n) is 5.50. The standard InChI is InChI=1S/C28H29ClN2O3/c1-3-8-21-11-16-26(27(19-21)32-2)33-18-7-6-17-31-25-10-5-4-9-24(25)30-28(31)20-34-23-14-12-22(29)13-15-23/h3-5,8-16,19H,6-7,17-18,20H2,1-2H3/b8-3+. The minimum Gasteiger partial charge on any atom is -0.493 e. The topological polar surface area (TPSA) is 45.5 Å². The summed E-state index contributed by atoms with van der Waals surface area (Å²) in [6.07, 6.45) is 5.90. The van der Waals surface area contributed by atoms with Crippen LogP contribution in [0, 0.1) is 0 Å². The van der Waals surface area contributed by atoms with Crippen LogP contribution in [0.5, 0.6) is 17.2 Å². The van der Waals surface area contributed by atoms with Crippen molar-refractivity contribution in [2.75, 3.05) is 13.7 Å². The van der Waals surface area contributed by atoms with Gasteiger partial charge in [0, 0.05) is 11.6 Å². The lowest BCUT2D eigenvalue weighted by Crippen LogP contribution is -2.09. The van der Waals surface area contributed by atoms with E-state index in [1.165, 1.54) is 0 Å². The Balaban J connectivity index is 1.36. The van der Waals surface area contributed by atoms with E-state index >= 15 is 0 Å². The summed E-state index contributed by atoms with van der Waals surface area (Å²) in [5, 5.41) is 0.688. The minimum atomic E-state index is 0.391. The molecule has 0 aliphatic heterocycles. The van der Waals surface area contributed by atoms with Crippen LogP contribution < -0.4 is 14.2 Å². The number of allylic oxidation sites excluding steroid dienone is 1. The van der Waals surface area contributed by atoms with Gasteiger partial charge in [-0.2, -0.15) is 0 Å². The van der Waals surface area contributed by atoms with Crippen molar-refractivity contribution in [2.24, 2.45) is 0 Å².